The lowest BCUT2D eigenvalue weighted by Gasteiger charge is -2.15. The number of nitro groups is 1. The van der Waals surface area contributed by atoms with Gasteiger partial charge in [0.15, 0.2) is 5.16 Å². The molecule has 1 heterocycles. The Labute approximate surface area is 189 Å². The van der Waals surface area contributed by atoms with Gasteiger partial charge >= 0.3 is 29.4 Å². The number of benzene rings is 1. The van der Waals surface area contributed by atoms with Gasteiger partial charge in [0.25, 0.3) is 5.91 Å². The van der Waals surface area contributed by atoms with E-state index >= 15 is 0 Å². The van der Waals surface area contributed by atoms with E-state index < -0.39 is 52.9 Å². The van der Waals surface area contributed by atoms with Crippen LogP contribution < -0.4 is 9.47 Å². The minimum Gasteiger partial charge on any atom is -0.478 e. The molecule has 1 unspecified atom stereocenters. The largest absolute Gasteiger partial charge is 0.478 e. The lowest BCUT2D eigenvalue weighted by atomic mass is 10.1. The number of thioether (sulfide) groups is 1. The first-order chi connectivity index (χ1) is 15.5. The van der Waals surface area contributed by atoms with E-state index in [1.165, 1.54) is 25.3 Å². The number of carbonyl (C=O) groups excluding carboxylic acids is 1. The molecule has 3 N–H and O–H groups in total. The zero-order chi connectivity index (χ0) is 24.9. The standard InChI is InChI=1S/C18H18N4O10S/c1-21(2)15(24)8-4-9(16(25)26)6-10(5-8)31-13-12(22(29)30)14(20-18(19-13)33-3)32-11(7-23)17(27)28/h4-6,11,23H,7H2,1-3H3,(H,25,26)(H,27,28). The van der Waals surface area contributed by atoms with Gasteiger partial charge < -0.3 is 29.7 Å². The minimum absolute atomic E-state index is 0.0700. The molecule has 0 aliphatic carbocycles. The smallest absolute Gasteiger partial charge is 0.392 e. The summed E-state index contributed by atoms with van der Waals surface area (Å²) < 4.78 is 10.5. The van der Waals surface area contributed by atoms with Crippen LogP contribution in [0.5, 0.6) is 17.5 Å². The van der Waals surface area contributed by atoms with Crippen molar-refractivity contribution in [2.45, 2.75) is 11.3 Å². The van der Waals surface area contributed by atoms with Crippen molar-refractivity contribution in [3.05, 3.63) is 39.4 Å². The molecule has 14 nitrogen and oxygen atoms in total. The van der Waals surface area contributed by atoms with Gasteiger partial charge in [-0.15, -0.1) is 0 Å². The molecule has 0 radical (unpaired) electrons. The van der Waals surface area contributed by atoms with Crippen molar-refractivity contribution in [2.75, 3.05) is 27.0 Å². The van der Waals surface area contributed by atoms with Gasteiger partial charge in [-0.05, 0) is 24.5 Å². The Hall–Kier alpha value is -3.98. The third-order valence-corrected chi connectivity index (χ3v) is 4.43. The highest BCUT2D eigenvalue weighted by atomic mass is 32.2. The van der Waals surface area contributed by atoms with E-state index in [4.69, 9.17) is 14.6 Å². The lowest BCUT2D eigenvalue weighted by Crippen LogP contribution is -2.31. The number of carboxylic acid groups (broad SMARTS) is 2. The van der Waals surface area contributed by atoms with Crippen molar-refractivity contribution < 1.29 is 44.1 Å². The van der Waals surface area contributed by atoms with Crippen molar-refractivity contribution in [1.82, 2.24) is 14.9 Å². The van der Waals surface area contributed by atoms with Crippen molar-refractivity contribution >= 4 is 35.3 Å². The molecule has 1 atom stereocenters. The summed E-state index contributed by atoms with van der Waals surface area (Å²) in [5.74, 6) is -5.28. The second kappa shape index (κ2) is 10.6. The van der Waals surface area contributed by atoms with Crippen molar-refractivity contribution in [3.63, 3.8) is 0 Å². The molecule has 1 aromatic heterocycles. The van der Waals surface area contributed by atoms with E-state index in [0.29, 0.717) is 0 Å². The molecule has 2 rings (SSSR count). The maximum Gasteiger partial charge on any atom is 0.392 e. The summed E-state index contributed by atoms with van der Waals surface area (Å²) in [6.45, 7) is -1.00. The van der Waals surface area contributed by atoms with Crippen LogP contribution in [0, 0.1) is 10.1 Å². The number of aliphatic hydroxyl groups is 1. The fourth-order valence-corrected chi connectivity index (χ4v) is 2.72. The quantitative estimate of drug-likeness (QED) is 0.188. The van der Waals surface area contributed by atoms with Crippen LogP contribution in [-0.4, -0.2) is 86.0 Å². The molecule has 15 heteroatoms. The number of rotatable bonds is 10. The Morgan fingerprint density at radius 3 is 2.24 bits per heavy atom. The first-order valence-electron chi connectivity index (χ1n) is 8.87. The molecule has 0 aliphatic heterocycles. The van der Waals surface area contributed by atoms with E-state index in [-0.39, 0.29) is 22.0 Å². The first-order valence-corrected chi connectivity index (χ1v) is 10.1. The topological polar surface area (TPSA) is 203 Å². The molecule has 0 saturated heterocycles. The highest BCUT2D eigenvalue weighted by molar-refractivity contribution is 7.98. The second-order valence-electron chi connectivity index (χ2n) is 6.41. The number of carboxylic acids is 2. The first kappa shape index (κ1) is 25.3. The third-order valence-electron chi connectivity index (χ3n) is 3.88. The number of amides is 1. The van der Waals surface area contributed by atoms with Crippen LogP contribution in [0.25, 0.3) is 0 Å². The molecule has 2 aromatic rings. The average molecular weight is 482 g/mol. The van der Waals surface area contributed by atoms with E-state index in [2.05, 4.69) is 9.97 Å². The summed E-state index contributed by atoms with van der Waals surface area (Å²) in [7, 11) is 2.89. The zero-order valence-electron chi connectivity index (χ0n) is 17.4. The number of ether oxygens (including phenoxy) is 2. The number of carbonyl (C=O) groups is 3. The molecular weight excluding hydrogens is 464 g/mol. The maximum absolute atomic E-state index is 12.3. The van der Waals surface area contributed by atoms with E-state index in [9.17, 15) is 34.7 Å². The molecular formula is C18H18N4O10S. The summed E-state index contributed by atoms with van der Waals surface area (Å²) >= 11 is 0.922. The Bertz CT molecular complexity index is 1110. The molecule has 1 amide bonds. The van der Waals surface area contributed by atoms with Crippen LogP contribution in [0.2, 0.25) is 0 Å². The van der Waals surface area contributed by atoms with Crippen LogP contribution in [0.3, 0.4) is 0 Å². The van der Waals surface area contributed by atoms with Crippen LogP contribution in [0.4, 0.5) is 5.69 Å². The van der Waals surface area contributed by atoms with Crippen molar-refractivity contribution in [3.8, 4) is 17.5 Å². The van der Waals surface area contributed by atoms with Gasteiger partial charge in [0.05, 0.1) is 17.1 Å². The molecule has 33 heavy (non-hydrogen) atoms. The predicted octanol–water partition coefficient (Wildman–Crippen LogP) is 1.12. The van der Waals surface area contributed by atoms with Gasteiger partial charge in [0.2, 0.25) is 6.10 Å². The van der Waals surface area contributed by atoms with Gasteiger partial charge in [-0.1, -0.05) is 11.8 Å². The van der Waals surface area contributed by atoms with Gasteiger partial charge in [-0.2, -0.15) is 9.97 Å². The van der Waals surface area contributed by atoms with E-state index in [0.717, 1.165) is 30.0 Å². The van der Waals surface area contributed by atoms with Gasteiger partial charge in [-0.25, -0.2) is 9.59 Å². The minimum atomic E-state index is -1.86. The molecule has 0 saturated carbocycles. The monoisotopic (exact) mass is 482 g/mol. The number of nitrogens with zero attached hydrogens (tertiary/aromatic N) is 4. The van der Waals surface area contributed by atoms with E-state index in [1.54, 1.807) is 0 Å². The normalized spacial score (nSPS) is 11.4. The van der Waals surface area contributed by atoms with Gasteiger partial charge in [0.1, 0.15) is 5.75 Å². The fourth-order valence-electron chi connectivity index (χ4n) is 2.37. The SMILES string of the molecule is CSc1nc(Oc2cc(C(=O)O)cc(C(=O)N(C)C)c2)c([N+](=O)[O-])c(OC(CO)C(=O)O)n1. The zero-order valence-corrected chi connectivity index (χ0v) is 18.2. The summed E-state index contributed by atoms with van der Waals surface area (Å²) in [6, 6.07) is 3.29. The number of aromatic nitrogens is 2. The summed E-state index contributed by atoms with van der Waals surface area (Å²) in [6.07, 6.45) is -0.338. The van der Waals surface area contributed by atoms with Crippen LogP contribution in [0.15, 0.2) is 23.4 Å². The Balaban J connectivity index is 2.66. The number of hydrogen-bond donors (Lipinski definition) is 3. The molecule has 176 valence electrons. The number of hydrogen-bond acceptors (Lipinski definition) is 11. The van der Waals surface area contributed by atoms with Crippen LogP contribution in [0.1, 0.15) is 20.7 Å². The molecule has 0 spiro atoms. The Morgan fingerprint density at radius 2 is 1.76 bits per heavy atom. The number of aliphatic hydroxyl groups excluding tert-OH is 1. The molecule has 0 fully saturated rings. The lowest BCUT2D eigenvalue weighted by molar-refractivity contribution is -0.387. The Morgan fingerprint density at radius 1 is 1.15 bits per heavy atom. The van der Waals surface area contributed by atoms with Gasteiger partial charge in [-0.3, -0.25) is 14.9 Å². The Kier molecular flexibility index (Phi) is 8.09. The third kappa shape index (κ3) is 6.05. The predicted molar refractivity (Wildman–Crippen MR) is 111 cm³/mol. The maximum atomic E-state index is 12.3. The van der Waals surface area contributed by atoms with Crippen molar-refractivity contribution in [2.24, 2.45) is 0 Å². The highest BCUT2D eigenvalue weighted by Gasteiger charge is 2.32. The van der Waals surface area contributed by atoms with E-state index in [1.807, 2.05) is 0 Å². The highest BCUT2D eigenvalue weighted by Crippen LogP contribution is 2.38. The van der Waals surface area contributed by atoms with Crippen LogP contribution in [-0.2, 0) is 4.79 Å². The number of aliphatic carboxylic acids is 1. The molecule has 1 aromatic carbocycles. The summed E-state index contributed by atoms with van der Waals surface area (Å²) in [5, 5.41) is 39.2. The second-order valence-corrected chi connectivity index (χ2v) is 7.18. The summed E-state index contributed by atoms with van der Waals surface area (Å²) in [4.78, 5) is 54.5. The number of aromatic carboxylic acids is 1. The summed E-state index contributed by atoms with van der Waals surface area (Å²) in [5.41, 5.74) is -1.37. The molecule has 0 bridgehead atoms. The fraction of sp³-hybridized carbons (Fsp3) is 0.278. The average Bonchev–Trinajstić information content (AvgIpc) is 2.75. The van der Waals surface area contributed by atoms with Gasteiger partial charge in [0, 0.05) is 19.7 Å². The van der Waals surface area contributed by atoms with Crippen LogP contribution >= 0.6 is 11.8 Å². The van der Waals surface area contributed by atoms with Crippen molar-refractivity contribution in [1.29, 1.82) is 0 Å². The molecule has 0 aliphatic rings.